The minimum absolute atomic E-state index is 0.0378. The molecule has 4 fully saturated rings. The van der Waals surface area contributed by atoms with Crippen molar-refractivity contribution in [3.8, 4) is 5.75 Å². The molecule has 4 aliphatic carbocycles. The predicted molar refractivity (Wildman–Crippen MR) is 151 cm³/mol. The summed E-state index contributed by atoms with van der Waals surface area (Å²) in [6.07, 6.45) is 2.57. The van der Waals surface area contributed by atoms with E-state index >= 15 is 0 Å². The highest BCUT2D eigenvalue weighted by Crippen LogP contribution is 2.68. The van der Waals surface area contributed by atoms with Gasteiger partial charge in [-0.2, -0.15) is 28.2 Å². The summed E-state index contributed by atoms with van der Waals surface area (Å²) in [6.45, 7) is 7.02. The summed E-state index contributed by atoms with van der Waals surface area (Å²) in [7, 11) is 3.31. The maximum absolute atomic E-state index is 13.7. The number of benzene rings is 1. The standard InChI is InChI=1S/C30H40F3N3O3.C2H6/c1-28-12-11-23-21(6-4-18-14-19(30(31,32)33)10-13-29(18,23)17-38-2)22(28)7-8-24(28)27(37)16-36-34-25-9-5-20(39-3)15-26(25)35-36;1-2/h5,9,15,18-19,21-24H,4,6-8,10-14,16-17H2,1-3H3;1-2H3. The van der Waals surface area contributed by atoms with Crippen molar-refractivity contribution in [1.29, 1.82) is 0 Å². The van der Waals surface area contributed by atoms with Crippen LogP contribution in [0.4, 0.5) is 13.2 Å². The van der Waals surface area contributed by atoms with E-state index in [1.165, 1.54) is 4.80 Å². The number of aromatic nitrogens is 3. The van der Waals surface area contributed by atoms with Crippen LogP contribution < -0.4 is 4.74 Å². The molecule has 4 saturated carbocycles. The smallest absolute Gasteiger partial charge is 0.391 e. The largest absolute Gasteiger partial charge is 0.497 e. The average Bonchev–Trinajstić information content (AvgIpc) is 3.52. The first-order chi connectivity index (χ1) is 19.6. The van der Waals surface area contributed by atoms with Crippen LogP contribution in [0.5, 0.6) is 5.75 Å². The van der Waals surface area contributed by atoms with Crippen LogP contribution in [-0.2, 0) is 16.1 Å². The molecule has 6 rings (SSSR count). The van der Waals surface area contributed by atoms with E-state index in [-0.39, 0.29) is 47.8 Å². The molecule has 9 heteroatoms. The summed E-state index contributed by atoms with van der Waals surface area (Å²) in [6, 6.07) is 5.52. The van der Waals surface area contributed by atoms with Crippen LogP contribution in [0, 0.1) is 46.3 Å². The minimum Gasteiger partial charge on any atom is -0.497 e. The molecule has 0 aliphatic heterocycles. The topological polar surface area (TPSA) is 66.2 Å². The van der Waals surface area contributed by atoms with Gasteiger partial charge in [0.25, 0.3) is 0 Å². The van der Waals surface area contributed by atoms with Crippen LogP contribution in [0.15, 0.2) is 18.2 Å². The molecule has 4 aliphatic rings. The van der Waals surface area contributed by atoms with E-state index in [9.17, 15) is 18.0 Å². The Morgan fingerprint density at radius 3 is 2.46 bits per heavy atom. The lowest BCUT2D eigenvalue weighted by Crippen LogP contribution is -2.57. The average molecular weight is 578 g/mol. The second-order valence-electron chi connectivity index (χ2n) is 13.1. The summed E-state index contributed by atoms with van der Waals surface area (Å²) in [4.78, 5) is 15.2. The number of Topliss-reactive ketones (excluding diaryl/α,β-unsaturated/α-hetero) is 1. The maximum Gasteiger partial charge on any atom is 0.391 e. The third-order valence-electron chi connectivity index (χ3n) is 11.6. The zero-order valence-electron chi connectivity index (χ0n) is 25.2. The number of halogens is 3. The SMILES string of the molecule is CC.COCC12CCC(C(F)(F)F)CC1CCC1C3CCC(C(=O)Cn4nc5ccc(OC)cc5n4)C3(C)CCC12. The van der Waals surface area contributed by atoms with Crippen LogP contribution in [0.1, 0.15) is 78.6 Å². The number of carbonyl (C=O) groups is 1. The number of hydrogen-bond donors (Lipinski definition) is 0. The molecular weight excluding hydrogens is 531 g/mol. The fourth-order valence-electron chi connectivity index (χ4n) is 9.81. The third-order valence-corrected chi connectivity index (χ3v) is 11.6. The summed E-state index contributed by atoms with van der Waals surface area (Å²) in [5, 5.41) is 9.06. The second kappa shape index (κ2) is 11.5. The summed E-state index contributed by atoms with van der Waals surface area (Å²) in [5.74, 6) is 1.01. The van der Waals surface area contributed by atoms with Crippen molar-refractivity contribution < 1.29 is 27.4 Å². The zero-order chi connectivity index (χ0) is 29.6. The first kappa shape index (κ1) is 30.3. The number of nitrogens with zero attached hydrogens (tertiary/aromatic N) is 3. The van der Waals surface area contributed by atoms with Gasteiger partial charge in [-0.15, -0.1) is 0 Å². The van der Waals surface area contributed by atoms with Crippen molar-refractivity contribution in [1.82, 2.24) is 15.0 Å². The van der Waals surface area contributed by atoms with E-state index in [0.717, 1.165) is 44.0 Å². The van der Waals surface area contributed by atoms with E-state index in [4.69, 9.17) is 9.47 Å². The van der Waals surface area contributed by atoms with Crippen molar-refractivity contribution in [2.75, 3.05) is 20.8 Å². The highest BCUT2D eigenvalue weighted by atomic mass is 19.4. The van der Waals surface area contributed by atoms with Gasteiger partial charge in [0.05, 0.1) is 19.6 Å². The Morgan fingerprint density at radius 1 is 1.00 bits per heavy atom. The van der Waals surface area contributed by atoms with Gasteiger partial charge >= 0.3 is 6.18 Å². The highest BCUT2D eigenvalue weighted by molar-refractivity contribution is 5.82. The van der Waals surface area contributed by atoms with Crippen LogP contribution >= 0.6 is 0 Å². The van der Waals surface area contributed by atoms with Gasteiger partial charge in [-0.25, -0.2) is 0 Å². The monoisotopic (exact) mass is 577 g/mol. The lowest BCUT2D eigenvalue weighted by atomic mass is 9.43. The van der Waals surface area contributed by atoms with Gasteiger partial charge in [0, 0.05) is 19.1 Å². The normalized spacial score (nSPS) is 36.5. The van der Waals surface area contributed by atoms with Gasteiger partial charge in [-0.1, -0.05) is 20.8 Å². The number of alkyl halides is 3. The van der Waals surface area contributed by atoms with Gasteiger partial charge < -0.3 is 9.47 Å². The molecule has 8 atom stereocenters. The van der Waals surface area contributed by atoms with Gasteiger partial charge in [0.1, 0.15) is 23.3 Å². The van der Waals surface area contributed by atoms with Crippen LogP contribution in [0.25, 0.3) is 11.0 Å². The van der Waals surface area contributed by atoms with Gasteiger partial charge in [-0.05, 0) is 104 Å². The van der Waals surface area contributed by atoms with Gasteiger partial charge in [-0.3, -0.25) is 4.79 Å². The lowest BCUT2D eigenvalue weighted by Gasteiger charge is -2.62. The van der Waals surface area contributed by atoms with E-state index < -0.39 is 12.1 Å². The summed E-state index contributed by atoms with van der Waals surface area (Å²) >= 11 is 0. The van der Waals surface area contributed by atoms with Crippen molar-refractivity contribution in [3.05, 3.63) is 18.2 Å². The zero-order valence-corrected chi connectivity index (χ0v) is 25.2. The fourth-order valence-corrected chi connectivity index (χ4v) is 9.81. The Labute approximate surface area is 241 Å². The molecule has 0 radical (unpaired) electrons. The molecular formula is C32H46F3N3O3. The first-order valence-corrected chi connectivity index (χ1v) is 15.6. The molecule has 2 aromatic rings. The Kier molecular flexibility index (Phi) is 8.50. The lowest BCUT2D eigenvalue weighted by molar-refractivity contribution is -0.217. The molecule has 6 nitrogen and oxygen atoms in total. The Morgan fingerprint density at radius 2 is 1.76 bits per heavy atom. The van der Waals surface area contributed by atoms with Crippen LogP contribution in [0.2, 0.25) is 0 Å². The van der Waals surface area contributed by atoms with E-state index in [0.29, 0.717) is 42.0 Å². The number of methoxy groups -OCH3 is 2. The maximum atomic E-state index is 13.7. The molecule has 228 valence electrons. The Balaban J connectivity index is 0.00000165. The minimum atomic E-state index is -4.11. The number of ketones is 1. The predicted octanol–water partition coefficient (Wildman–Crippen LogP) is 7.50. The van der Waals surface area contributed by atoms with Crippen molar-refractivity contribution in [2.45, 2.75) is 91.3 Å². The number of fused-ring (bicyclic) bond motifs is 6. The van der Waals surface area contributed by atoms with Gasteiger partial charge in [0.15, 0.2) is 5.78 Å². The molecule has 0 spiro atoms. The number of ether oxygens (including phenoxy) is 2. The van der Waals surface area contributed by atoms with Crippen LogP contribution in [-0.4, -0.2) is 47.8 Å². The number of hydrogen-bond acceptors (Lipinski definition) is 5. The van der Waals surface area contributed by atoms with Crippen molar-refractivity contribution >= 4 is 16.8 Å². The number of carbonyl (C=O) groups excluding carboxylic acids is 1. The molecule has 41 heavy (non-hydrogen) atoms. The molecule has 0 amide bonds. The van der Waals surface area contributed by atoms with Crippen LogP contribution in [0.3, 0.4) is 0 Å². The highest BCUT2D eigenvalue weighted by Gasteiger charge is 2.63. The van der Waals surface area contributed by atoms with Crippen molar-refractivity contribution in [3.63, 3.8) is 0 Å². The van der Waals surface area contributed by atoms with Crippen molar-refractivity contribution in [2.24, 2.45) is 46.3 Å². The molecule has 1 aromatic heterocycles. The number of rotatable bonds is 6. The molecule has 0 N–H and O–H groups in total. The van der Waals surface area contributed by atoms with E-state index in [1.54, 1.807) is 14.2 Å². The molecule has 0 saturated heterocycles. The Hall–Kier alpha value is -2.16. The quantitative estimate of drug-likeness (QED) is 0.356. The fraction of sp³-hybridized carbons (Fsp3) is 0.781. The van der Waals surface area contributed by atoms with Gasteiger partial charge in [0.2, 0.25) is 0 Å². The second-order valence-corrected chi connectivity index (χ2v) is 13.1. The van der Waals surface area contributed by atoms with E-state index in [2.05, 4.69) is 17.1 Å². The molecule has 1 aromatic carbocycles. The summed E-state index contributed by atoms with van der Waals surface area (Å²) < 4.78 is 52.0. The van der Waals surface area contributed by atoms with E-state index in [1.807, 2.05) is 32.0 Å². The third kappa shape index (κ3) is 5.18. The molecule has 8 unspecified atom stereocenters. The summed E-state index contributed by atoms with van der Waals surface area (Å²) in [5.41, 5.74) is 1.19. The Bertz CT molecular complexity index is 1230. The first-order valence-electron chi connectivity index (χ1n) is 15.6. The molecule has 1 heterocycles. The molecule has 0 bridgehead atoms.